The molecule has 140 valence electrons. The van der Waals surface area contributed by atoms with E-state index >= 15 is 0 Å². The summed E-state index contributed by atoms with van der Waals surface area (Å²) in [5.74, 6) is 1.85. The van der Waals surface area contributed by atoms with Gasteiger partial charge in [-0.2, -0.15) is 0 Å². The normalized spacial score (nSPS) is 10.6. The number of benzene rings is 2. The van der Waals surface area contributed by atoms with Crippen LogP contribution in [-0.2, 0) is 24.2 Å². The van der Waals surface area contributed by atoms with Crippen molar-refractivity contribution in [2.24, 2.45) is 0 Å². The second kappa shape index (κ2) is 9.57. The largest absolute Gasteiger partial charge is 0.497 e. The van der Waals surface area contributed by atoms with Gasteiger partial charge in [0.15, 0.2) is 0 Å². The number of aryl methyl sites for hydroxylation is 1. The van der Waals surface area contributed by atoms with Crippen LogP contribution in [-0.4, -0.2) is 29.1 Å². The molecule has 3 rings (SSSR count). The van der Waals surface area contributed by atoms with E-state index < -0.39 is 0 Å². The van der Waals surface area contributed by atoms with Crippen LogP contribution < -0.4 is 10.1 Å². The molecule has 1 heterocycles. The Morgan fingerprint density at radius 2 is 1.89 bits per heavy atom. The number of amides is 1. The summed E-state index contributed by atoms with van der Waals surface area (Å²) in [5, 5.41) is 2.99. The lowest BCUT2D eigenvalue weighted by atomic mass is 10.1. The van der Waals surface area contributed by atoms with Crippen molar-refractivity contribution < 1.29 is 9.53 Å². The van der Waals surface area contributed by atoms with E-state index in [0.717, 1.165) is 23.7 Å². The summed E-state index contributed by atoms with van der Waals surface area (Å²) in [6.45, 7) is 1.38. The van der Waals surface area contributed by atoms with E-state index in [4.69, 9.17) is 4.74 Å². The minimum Gasteiger partial charge on any atom is -0.497 e. The topological polar surface area (TPSA) is 56.1 Å². The van der Waals surface area contributed by atoms with Gasteiger partial charge in [-0.25, -0.2) is 4.98 Å². The zero-order valence-electron chi connectivity index (χ0n) is 15.6. The maximum Gasteiger partial charge on any atom is 0.220 e. The molecule has 0 aliphatic rings. The Labute approximate surface area is 160 Å². The van der Waals surface area contributed by atoms with Gasteiger partial charge in [0.1, 0.15) is 11.6 Å². The highest BCUT2D eigenvalue weighted by Crippen LogP contribution is 2.13. The van der Waals surface area contributed by atoms with Gasteiger partial charge < -0.3 is 14.6 Å². The van der Waals surface area contributed by atoms with Crippen LogP contribution in [0.25, 0.3) is 0 Å². The number of ether oxygens (including phenoxy) is 1. The third-order valence-electron chi connectivity index (χ3n) is 4.44. The average molecular weight is 363 g/mol. The van der Waals surface area contributed by atoms with Crippen LogP contribution in [0.5, 0.6) is 5.75 Å². The molecule has 1 N–H and O–H groups in total. The molecule has 0 bridgehead atoms. The van der Waals surface area contributed by atoms with Crippen molar-refractivity contribution in [3.8, 4) is 5.75 Å². The Morgan fingerprint density at radius 3 is 2.70 bits per heavy atom. The van der Waals surface area contributed by atoms with Gasteiger partial charge in [0.05, 0.1) is 7.11 Å². The summed E-state index contributed by atoms with van der Waals surface area (Å²) in [7, 11) is 1.65. The molecule has 0 saturated carbocycles. The highest BCUT2D eigenvalue weighted by atomic mass is 16.5. The van der Waals surface area contributed by atoms with E-state index in [0.29, 0.717) is 25.8 Å². The van der Waals surface area contributed by atoms with Crippen molar-refractivity contribution in [2.75, 3.05) is 13.7 Å². The Kier molecular flexibility index (Phi) is 6.63. The summed E-state index contributed by atoms with van der Waals surface area (Å²) in [6, 6.07) is 18.1. The quantitative estimate of drug-likeness (QED) is 0.635. The Balaban J connectivity index is 1.43. The summed E-state index contributed by atoms with van der Waals surface area (Å²) < 4.78 is 7.33. The molecule has 27 heavy (non-hydrogen) atoms. The van der Waals surface area contributed by atoms with Crippen LogP contribution in [0.1, 0.15) is 23.4 Å². The molecule has 1 aromatic heterocycles. The fourth-order valence-corrected chi connectivity index (χ4v) is 2.98. The summed E-state index contributed by atoms with van der Waals surface area (Å²) in [4.78, 5) is 16.5. The molecule has 0 saturated heterocycles. The molecular formula is C22H25N3O2. The van der Waals surface area contributed by atoms with E-state index in [1.54, 1.807) is 7.11 Å². The van der Waals surface area contributed by atoms with E-state index in [1.165, 1.54) is 5.56 Å². The third kappa shape index (κ3) is 5.71. The van der Waals surface area contributed by atoms with Gasteiger partial charge in [0.25, 0.3) is 0 Å². The van der Waals surface area contributed by atoms with Crippen LogP contribution in [0.3, 0.4) is 0 Å². The predicted octanol–water partition coefficient (Wildman–Crippen LogP) is 3.23. The Morgan fingerprint density at radius 1 is 1.07 bits per heavy atom. The average Bonchev–Trinajstić information content (AvgIpc) is 3.14. The van der Waals surface area contributed by atoms with Crippen molar-refractivity contribution in [1.29, 1.82) is 0 Å². The van der Waals surface area contributed by atoms with Crippen LogP contribution in [0.4, 0.5) is 0 Å². The standard InChI is InChI=1S/C22H25N3O2/c1-27-20-9-5-8-18(16-20)10-11-22(26)24-13-12-21-23-14-15-25(21)17-19-6-3-2-4-7-19/h2-9,14-16H,10-13,17H2,1H3,(H,24,26). The van der Waals surface area contributed by atoms with Crippen molar-refractivity contribution in [2.45, 2.75) is 25.8 Å². The van der Waals surface area contributed by atoms with Gasteiger partial charge in [-0.1, -0.05) is 42.5 Å². The number of nitrogens with one attached hydrogen (secondary N) is 1. The number of hydrogen-bond donors (Lipinski definition) is 1. The molecule has 5 nitrogen and oxygen atoms in total. The first kappa shape index (κ1) is 18.7. The monoisotopic (exact) mass is 363 g/mol. The van der Waals surface area contributed by atoms with Crippen molar-refractivity contribution >= 4 is 5.91 Å². The van der Waals surface area contributed by atoms with Crippen molar-refractivity contribution in [3.63, 3.8) is 0 Å². The smallest absolute Gasteiger partial charge is 0.220 e. The number of carbonyl (C=O) groups is 1. The first-order chi connectivity index (χ1) is 13.2. The summed E-state index contributed by atoms with van der Waals surface area (Å²) in [6.07, 6.45) is 5.66. The lowest BCUT2D eigenvalue weighted by Gasteiger charge is -2.09. The van der Waals surface area contributed by atoms with E-state index in [-0.39, 0.29) is 5.91 Å². The van der Waals surface area contributed by atoms with E-state index in [1.807, 2.05) is 54.9 Å². The second-order valence-corrected chi connectivity index (χ2v) is 6.41. The number of imidazole rings is 1. The van der Waals surface area contributed by atoms with E-state index in [2.05, 4.69) is 27.0 Å². The number of aromatic nitrogens is 2. The van der Waals surface area contributed by atoms with Crippen LogP contribution in [0, 0.1) is 0 Å². The first-order valence-electron chi connectivity index (χ1n) is 9.18. The Hall–Kier alpha value is -3.08. The van der Waals surface area contributed by atoms with Crippen LogP contribution in [0.2, 0.25) is 0 Å². The van der Waals surface area contributed by atoms with Crippen molar-refractivity contribution in [1.82, 2.24) is 14.9 Å². The zero-order valence-corrected chi connectivity index (χ0v) is 15.6. The molecule has 3 aromatic rings. The van der Waals surface area contributed by atoms with Crippen LogP contribution in [0.15, 0.2) is 67.0 Å². The molecule has 1 amide bonds. The summed E-state index contributed by atoms with van der Waals surface area (Å²) >= 11 is 0. The lowest BCUT2D eigenvalue weighted by molar-refractivity contribution is -0.121. The minimum absolute atomic E-state index is 0.0546. The molecule has 0 fully saturated rings. The van der Waals surface area contributed by atoms with Gasteiger partial charge >= 0.3 is 0 Å². The highest BCUT2D eigenvalue weighted by molar-refractivity contribution is 5.76. The molecule has 2 aromatic carbocycles. The molecule has 5 heteroatoms. The maximum atomic E-state index is 12.1. The SMILES string of the molecule is COc1cccc(CCC(=O)NCCc2nccn2Cc2ccccc2)c1. The van der Waals surface area contributed by atoms with Gasteiger partial charge in [-0.05, 0) is 29.7 Å². The lowest BCUT2D eigenvalue weighted by Crippen LogP contribution is -2.26. The van der Waals surface area contributed by atoms with Crippen molar-refractivity contribution in [3.05, 3.63) is 83.9 Å². The number of carbonyl (C=O) groups excluding carboxylic acids is 1. The first-order valence-corrected chi connectivity index (χ1v) is 9.18. The van der Waals surface area contributed by atoms with Gasteiger partial charge in [0, 0.05) is 38.3 Å². The third-order valence-corrected chi connectivity index (χ3v) is 4.44. The zero-order chi connectivity index (χ0) is 18.9. The summed E-state index contributed by atoms with van der Waals surface area (Å²) in [5.41, 5.74) is 2.34. The molecule has 0 unspecified atom stereocenters. The highest BCUT2D eigenvalue weighted by Gasteiger charge is 2.06. The molecule has 0 aliphatic heterocycles. The van der Waals surface area contributed by atoms with Gasteiger partial charge in [-0.15, -0.1) is 0 Å². The fourth-order valence-electron chi connectivity index (χ4n) is 2.98. The number of methoxy groups -OCH3 is 1. The Bertz CT molecular complexity index is 859. The minimum atomic E-state index is 0.0546. The second-order valence-electron chi connectivity index (χ2n) is 6.41. The van der Waals surface area contributed by atoms with Crippen LogP contribution >= 0.6 is 0 Å². The number of hydrogen-bond acceptors (Lipinski definition) is 3. The fraction of sp³-hybridized carbons (Fsp3) is 0.273. The molecule has 0 atom stereocenters. The molecule has 0 spiro atoms. The number of nitrogens with zero attached hydrogens (tertiary/aromatic N) is 2. The van der Waals surface area contributed by atoms with Gasteiger partial charge in [-0.3, -0.25) is 4.79 Å². The maximum absolute atomic E-state index is 12.1. The predicted molar refractivity (Wildman–Crippen MR) is 106 cm³/mol. The van der Waals surface area contributed by atoms with E-state index in [9.17, 15) is 4.79 Å². The molecule has 0 aliphatic carbocycles. The molecule has 0 radical (unpaired) electrons. The molecular weight excluding hydrogens is 338 g/mol. The number of rotatable bonds is 9. The van der Waals surface area contributed by atoms with Gasteiger partial charge in [0.2, 0.25) is 5.91 Å².